The van der Waals surface area contributed by atoms with Gasteiger partial charge in [0.25, 0.3) is 0 Å². The van der Waals surface area contributed by atoms with Crippen LogP contribution in [0.2, 0.25) is 0 Å². The predicted octanol–water partition coefficient (Wildman–Crippen LogP) is 1.56. The Hall–Kier alpha value is -1.63. The number of fused-ring (bicyclic) bond motifs is 1. The molecule has 0 unspecified atom stereocenters. The van der Waals surface area contributed by atoms with Gasteiger partial charge >= 0.3 is 66.7 Å². The van der Waals surface area contributed by atoms with E-state index < -0.39 is 20.0 Å². The number of amides is 1. The van der Waals surface area contributed by atoms with Crippen molar-refractivity contribution in [3.8, 4) is 0 Å². The second kappa shape index (κ2) is 16.6. The van der Waals surface area contributed by atoms with Crippen molar-refractivity contribution in [3.05, 3.63) is 84.4 Å². The van der Waals surface area contributed by atoms with Gasteiger partial charge in [0.15, 0.2) is 11.5 Å². The van der Waals surface area contributed by atoms with Crippen LogP contribution in [0.3, 0.4) is 0 Å². The van der Waals surface area contributed by atoms with E-state index in [2.05, 4.69) is 15.0 Å². The van der Waals surface area contributed by atoms with Crippen LogP contribution in [0.25, 0.3) is 11.2 Å². The van der Waals surface area contributed by atoms with Crippen molar-refractivity contribution in [2.45, 2.75) is 25.5 Å². The number of ether oxygens (including phenoxy) is 1. The second-order valence-electron chi connectivity index (χ2n) is 8.59. The molecule has 200 valence electrons. The number of rotatable bonds is 8. The van der Waals surface area contributed by atoms with Crippen LogP contribution in [0.1, 0.15) is 24.0 Å². The molecule has 0 saturated carbocycles. The number of hydrogen-bond acceptors (Lipinski definition) is 7. The van der Waals surface area contributed by atoms with Crippen molar-refractivity contribution in [2.24, 2.45) is 0 Å². The molecule has 0 aliphatic carbocycles. The van der Waals surface area contributed by atoms with Gasteiger partial charge in [0, 0.05) is 14.1 Å². The van der Waals surface area contributed by atoms with Crippen molar-refractivity contribution in [1.29, 1.82) is 0 Å². The van der Waals surface area contributed by atoms with Crippen molar-refractivity contribution in [3.63, 3.8) is 0 Å². The van der Waals surface area contributed by atoms with E-state index in [0.717, 1.165) is 11.1 Å². The predicted molar refractivity (Wildman–Crippen MR) is 155 cm³/mol. The fraction of sp³-hybridized carbons (Fsp3) is 0.280. The summed E-state index contributed by atoms with van der Waals surface area (Å²) in [6.07, 6.45) is 1.85. The summed E-state index contributed by atoms with van der Waals surface area (Å²) in [6.45, 7) is 2.05. The number of carbonyl (C=O) groups excluding carboxylic acids is 1. The van der Waals surface area contributed by atoms with Gasteiger partial charge in [-0.15, -0.1) is 0 Å². The number of hydrogen-bond donors (Lipinski definition) is 3. The Morgan fingerprint density at radius 3 is 2.03 bits per heavy atom. The van der Waals surface area contributed by atoms with Crippen LogP contribution in [-0.2, 0) is 20.6 Å². The van der Waals surface area contributed by atoms with E-state index in [1.807, 2.05) is 60.7 Å². The van der Waals surface area contributed by atoms with Gasteiger partial charge in [-0.3, -0.25) is 9.36 Å². The molecule has 0 bridgehead atoms. The molecule has 1 atom stereocenters. The van der Waals surface area contributed by atoms with Gasteiger partial charge < -0.3 is 29.7 Å². The maximum absolute atomic E-state index is 12.4. The first-order valence-corrected chi connectivity index (χ1v) is 13.2. The number of nitrogens with two attached hydrogens (primary N) is 1. The van der Waals surface area contributed by atoms with E-state index in [-0.39, 0.29) is 76.8 Å². The summed E-state index contributed by atoms with van der Waals surface area (Å²) >= 11 is 0. The first kappa shape index (κ1) is 35.4. The summed E-state index contributed by atoms with van der Waals surface area (Å²) in [5, 5.41) is 0. The van der Waals surface area contributed by atoms with Crippen LogP contribution in [0.5, 0.6) is 0 Å². The molecule has 0 radical (unpaired) electrons. The van der Waals surface area contributed by atoms with E-state index in [9.17, 15) is 9.36 Å². The van der Waals surface area contributed by atoms with Crippen LogP contribution in [0.4, 0.5) is 5.82 Å². The van der Waals surface area contributed by atoms with Gasteiger partial charge in [-0.2, -0.15) is 0 Å². The van der Waals surface area contributed by atoms with E-state index in [1.165, 1.54) is 12.7 Å². The average molecular weight is 575 g/mol. The number of benzene rings is 2. The first-order chi connectivity index (χ1) is 17.6. The van der Waals surface area contributed by atoms with Crippen LogP contribution in [0, 0.1) is 0 Å². The Morgan fingerprint density at radius 2 is 1.54 bits per heavy atom. The molecule has 2 aromatic carbocycles. The minimum absolute atomic E-state index is 0. The number of likely N-dealkylation sites (N-methyl/N-ethyl adjacent to an activating group) is 1. The van der Waals surface area contributed by atoms with Crippen molar-refractivity contribution < 1.29 is 23.9 Å². The molecule has 11 nitrogen and oxygen atoms in total. The molecule has 0 aliphatic rings. The van der Waals surface area contributed by atoms with Crippen molar-refractivity contribution in [2.75, 3.05) is 26.2 Å². The maximum atomic E-state index is 12.4. The summed E-state index contributed by atoms with van der Waals surface area (Å²) in [5.41, 5.74) is 8.76. The van der Waals surface area contributed by atoms with E-state index in [1.54, 1.807) is 30.5 Å². The third-order valence-electron chi connectivity index (χ3n) is 5.36. The number of aromatic nitrogens is 4. The third kappa shape index (κ3) is 10.7. The fourth-order valence-electron chi connectivity index (χ4n) is 3.61. The fourth-order valence-corrected chi connectivity index (χ4v) is 4.06. The standard InChI is InChI=1S/C16H17NO.C9H14N5O4P.2Na.2H/c1-17(2)16(18)15(13-9-5-3-6-10-13)14-11-7-4-8-12-14;1-6(18-5-19(15,16)17)2-14-4-13-7-8(10)11-3-12-9(7)14;;;;/h3-12,15H,1-2H3;3-4,6H,2,5H2,1H3,(H2,10,11,12)(H2,15,16,17);;;;/t;6-;;;;/m.1..../s1. The molecule has 39 heavy (non-hydrogen) atoms. The topological polar surface area (TPSA) is 157 Å². The Morgan fingerprint density at radius 1 is 1.00 bits per heavy atom. The van der Waals surface area contributed by atoms with Gasteiger partial charge in [0.1, 0.15) is 18.2 Å². The number of nitrogen functional groups attached to an aromatic ring is 1. The van der Waals surface area contributed by atoms with E-state index in [0.29, 0.717) is 17.7 Å². The van der Waals surface area contributed by atoms with Gasteiger partial charge in [0.05, 0.1) is 24.9 Å². The summed E-state index contributed by atoms with van der Waals surface area (Å²) in [7, 11) is -0.572. The van der Waals surface area contributed by atoms with Gasteiger partial charge in [0.2, 0.25) is 5.91 Å². The zero-order chi connectivity index (χ0) is 27.0. The van der Waals surface area contributed by atoms with E-state index in [4.69, 9.17) is 20.3 Å². The number of imidazole rings is 1. The molecule has 0 fully saturated rings. The SMILES string of the molecule is CN(C)C(=O)C(c1ccccc1)c1ccccc1.C[C@H](Cn1cnc2c(N)ncnc21)OCP(=O)(O)O.[NaH].[NaH]. The summed E-state index contributed by atoms with van der Waals surface area (Å²) < 4.78 is 17.5. The molecule has 4 rings (SSSR count). The molecular formula is C25H33N6Na2O5P. The van der Waals surface area contributed by atoms with Crippen molar-refractivity contribution >= 4 is 89.6 Å². The van der Waals surface area contributed by atoms with Crippen LogP contribution >= 0.6 is 7.60 Å². The molecule has 2 heterocycles. The Kier molecular flexibility index (Phi) is 15.1. The summed E-state index contributed by atoms with van der Waals surface area (Å²) in [5.74, 6) is 0.169. The monoisotopic (exact) mass is 574 g/mol. The van der Waals surface area contributed by atoms with E-state index >= 15 is 0 Å². The van der Waals surface area contributed by atoms with Gasteiger partial charge in [-0.25, -0.2) is 15.0 Å². The van der Waals surface area contributed by atoms with Crippen LogP contribution < -0.4 is 5.73 Å². The Bertz CT molecular complexity index is 1320. The minimum atomic E-state index is -4.16. The Balaban J connectivity index is 0.000000371. The molecule has 0 aliphatic heterocycles. The number of nitrogens with zero attached hydrogens (tertiary/aromatic N) is 5. The van der Waals surface area contributed by atoms with Crippen molar-refractivity contribution in [1.82, 2.24) is 24.4 Å². The first-order valence-electron chi connectivity index (χ1n) is 11.5. The molecule has 4 N–H and O–H groups in total. The number of anilines is 1. The molecule has 2 aromatic heterocycles. The number of carbonyl (C=O) groups is 1. The third-order valence-corrected chi connectivity index (χ3v) is 5.85. The normalized spacial score (nSPS) is 11.5. The Labute approximate surface area is 271 Å². The zero-order valence-corrected chi connectivity index (χ0v) is 21.8. The molecule has 1 amide bonds. The van der Waals surface area contributed by atoms with Crippen LogP contribution in [-0.4, -0.2) is 126 Å². The molecule has 14 heteroatoms. The molecule has 0 saturated heterocycles. The molecule has 0 spiro atoms. The average Bonchev–Trinajstić information content (AvgIpc) is 3.28. The molecular weight excluding hydrogens is 541 g/mol. The van der Waals surface area contributed by atoms with Gasteiger partial charge in [-0.05, 0) is 18.1 Å². The summed E-state index contributed by atoms with van der Waals surface area (Å²) in [6, 6.07) is 19.8. The molecule has 4 aromatic rings. The second-order valence-corrected chi connectivity index (χ2v) is 10.2. The zero-order valence-electron chi connectivity index (χ0n) is 20.9. The van der Waals surface area contributed by atoms with Gasteiger partial charge in [-0.1, -0.05) is 60.7 Å². The summed E-state index contributed by atoms with van der Waals surface area (Å²) in [4.78, 5) is 43.4. The quantitative estimate of drug-likeness (QED) is 0.210. The van der Waals surface area contributed by atoms with Crippen LogP contribution in [0.15, 0.2) is 73.3 Å².